The van der Waals surface area contributed by atoms with E-state index in [1.807, 2.05) is 13.0 Å². The van der Waals surface area contributed by atoms with Gasteiger partial charge in [0.25, 0.3) is 0 Å². The van der Waals surface area contributed by atoms with E-state index in [0.717, 1.165) is 32.5 Å². The molecule has 2 bridgehead atoms. The summed E-state index contributed by atoms with van der Waals surface area (Å²) in [5.41, 5.74) is 1.85. The van der Waals surface area contributed by atoms with E-state index in [1.54, 1.807) is 24.3 Å². The molecule has 7 nitrogen and oxygen atoms in total. The molecule has 31 heavy (non-hydrogen) atoms. The lowest BCUT2D eigenvalue weighted by atomic mass is 10.1. The van der Waals surface area contributed by atoms with Crippen LogP contribution in [0, 0.1) is 11.3 Å². The highest BCUT2D eigenvalue weighted by Crippen LogP contribution is 2.33. The van der Waals surface area contributed by atoms with Crippen LogP contribution in [-0.2, 0) is 6.54 Å². The molecular weight excluding hydrogens is 392 g/mol. The largest absolute Gasteiger partial charge is 0.491 e. The van der Waals surface area contributed by atoms with Crippen molar-refractivity contribution in [3.8, 4) is 11.8 Å². The van der Waals surface area contributed by atoms with Crippen LogP contribution in [0.1, 0.15) is 30.9 Å². The van der Waals surface area contributed by atoms with Crippen LogP contribution in [0.2, 0.25) is 0 Å². The predicted octanol–water partition coefficient (Wildman–Crippen LogP) is 3.57. The summed E-state index contributed by atoms with van der Waals surface area (Å²) in [6.45, 7) is 4.75. The number of nitriles is 1. The highest BCUT2D eigenvalue weighted by atomic mass is 16.5. The number of piperazine rings is 1. The van der Waals surface area contributed by atoms with Crippen molar-refractivity contribution in [2.45, 2.75) is 44.4 Å². The first kappa shape index (κ1) is 21.2. The van der Waals surface area contributed by atoms with Gasteiger partial charge in [0.2, 0.25) is 0 Å². The van der Waals surface area contributed by atoms with Gasteiger partial charge in [0, 0.05) is 31.7 Å². The van der Waals surface area contributed by atoms with Crippen LogP contribution in [-0.4, -0.2) is 63.9 Å². The smallest absolute Gasteiger partial charge is 0.422 e. The Labute approximate surface area is 183 Å². The van der Waals surface area contributed by atoms with Gasteiger partial charge in [-0.2, -0.15) is 5.26 Å². The zero-order chi connectivity index (χ0) is 21.8. The number of nitrogens with zero attached hydrogens (tertiary/aromatic N) is 4. The molecule has 0 spiro atoms. The van der Waals surface area contributed by atoms with Gasteiger partial charge >= 0.3 is 6.09 Å². The van der Waals surface area contributed by atoms with Gasteiger partial charge in [-0.25, -0.2) is 14.8 Å². The summed E-state index contributed by atoms with van der Waals surface area (Å²) in [6.07, 6.45) is 1.07. The van der Waals surface area contributed by atoms with E-state index in [2.05, 4.69) is 40.2 Å². The molecule has 7 heteroatoms. The molecular formula is C24H28N4O3. The van der Waals surface area contributed by atoms with Crippen LogP contribution < -0.4 is 4.74 Å². The Kier molecular flexibility index (Phi) is 6.40. The number of hydrazine groups is 1. The van der Waals surface area contributed by atoms with Gasteiger partial charge < -0.3 is 9.84 Å². The highest BCUT2D eigenvalue weighted by molar-refractivity contribution is 5.65. The highest BCUT2D eigenvalue weighted by Gasteiger charge is 2.45. The average Bonchev–Trinajstić information content (AvgIpc) is 3.02. The fraction of sp³-hybridized carbons (Fsp3) is 0.417. The Hall–Kier alpha value is -3.08. The molecule has 2 aliphatic heterocycles. The minimum atomic E-state index is -0.940. The molecule has 0 saturated carbocycles. The van der Waals surface area contributed by atoms with Crippen molar-refractivity contribution in [3.63, 3.8) is 0 Å². The summed E-state index contributed by atoms with van der Waals surface area (Å²) >= 11 is 0. The fourth-order valence-corrected chi connectivity index (χ4v) is 4.72. The van der Waals surface area contributed by atoms with E-state index in [9.17, 15) is 9.90 Å². The molecule has 0 aromatic heterocycles. The fourth-order valence-electron chi connectivity index (χ4n) is 4.72. The Morgan fingerprint density at radius 3 is 2.39 bits per heavy atom. The van der Waals surface area contributed by atoms with Crippen molar-refractivity contribution >= 4 is 6.09 Å². The quantitative estimate of drug-likeness (QED) is 0.738. The van der Waals surface area contributed by atoms with Crippen molar-refractivity contribution in [3.05, 3.63) is 65.7 Å². The minimum Gasteiger partial charge on any atom is -0.491 e. The van der Waals surface area contributed by atoms with Crippen LogP contribution in [0.25, 0.3) is 0 Å². The molecule has 2 aromatic carbocycles. The molecule has 2 fully saturated rings. The Bertz CT molecular complexity index is 914. The van der Waals surface area contributed by atoms with Gasteiger partial charge in [0.05, 0.1) is 17.7 Å². The van der Waals surface area contributed by atoms with Gasteiger partial charge in [0.15, 0.2) is 0 Å². The summed E-state index contributed by atoms with van der Waals surface area (Å²) in [4.78, 5) is 14.6. The number of ether oxygens (including phenoxy) is 1. The zero-order valence-electron chi connectivity index (χ0n) is 17.7. The van der Waals surface area contributed by atoms with Crippen LogP contribution in [0.15, 0.2) is 54.6 Å². The van der Waals surface area contributed by atoms with E-state index in [0.29, 0.717) is 11.3 Å². The maximum atomic E-state index is 12.2. The SMILES string of the molecule is CC(COc1ccc(C#N)cc1)N(C(=O)O)N1C2CCC1CN(Cc1ccccc1)C2. The normalized spacial score (nSPS) is 21.9. The number of likely N-dealkylation sites (tertiary alicyclic amines) is 1. The third kappa shape index (κ3) is 4.82. The summed E-state index contributed by atoms with van der Waals surface area (Å²) in [5, 5.41) is 22.5. The van der Waals surface area contributed by atoms with E-state index in [1.165, 1.54) is 10.6 Å². The second-order valence-electron chi connectivity index (χ2n) is 8.37. The Morgan fingerprint density at radius 1 is 1.16 bits per heavy atom. The summed E-state index contributed by atoms with van der Waals surface area (Å²) in [5.74, 6) is 0.631. The van der Waals surface area contributed by atoms with Crippen molar-refractivity contribution in [2.75, 3.05) is 19.7 Å². The van der Waals surface area contributed by atoms with E-state index < -0.39 is 6.09 Å². The molecule has 2 aliphatic rings. The van der Waals surface area contributed by atoms with Gasteiger partial charge in [-0.1, -0.05) is 30.3 Å². The van der Waals surface area contributed by atoms with Gasteiger partial charge in [-0.3, -0.25) is 4.90 Å². The predicted molar refractivity (Wildman–Crippen MR) is 116 cm³/mol. The van der Waals surface area contributed by atoms with E-state index >= 15 is 0 Å². The third-order valence-corrected chi connectivity index (χ3v) is 6.11. The lowest BCUT2D eigenvalue weighted by Gasteiger charge is -2.47. The molecule has 3 atom stereocenters. The average molecular weight is 421 g/mol. The van der Waals surface area contributed by atoms with Crippen molar-refractivity contribution in [1.82, 2.24) is 14.9 Å². The zero-order valence-corrected chi connectivity index (χ0v) is 17.7. The number of carbonyl (C=O) groups is 1. The summed E-state index contributed by atoms with van der Waals surface area (Å²) in [7, 11) is 0. The molecule has 2 saturated heterocycles. The van der Waals surface area contributed by atoms with Gasteiger partial charge in [-0.05, 0) is 49.6 Å². The molecule has 1 amide bonds. The first-order valence-electron chi connectivity index (χ1n) is 10.7. The molecule has 4 rings (SSSR count). The Morgan fingerprint density at radius 2 is 1.81 bits per heavy atom. The maximum absolute atomic E-state index is 12.2. The van der Waals surface area contributed by atoms with Crippen LogP contribution in [0.4, 0.5) is 4.79 Å². The number of carboxylic acid groups (broad SMARTS) is 1. The minimum absolute atomic E-state index is 0.191. The number of rotatable bonds is 7. The first-order valence-corrected chi connectivity index (χ1v) is 10.7. The topological polar surface area (TPSA) is 80.0 Å². The molecule has 0 aliphatic carbocycles. The number of benzene rings is 2. The summed E-state index contributed by atoms with van der Waals surface area (Å²) in [6, 6.07) is 19.4. The van der Waals surface area contributed by atoms with Crippen molar-refractivity contribution < 1.29 is 14.6 Å². The second kappa shape index (κ2) is 9.38. The first-order chi connectivity index (χ1) is 15.0. The number of amides is 1. The van der Waals surface area contributed by atoms with E-state index in [4.69, 9.17) is 10.00 Å². The Balaban J connectivity index is 1.40. The number of hydrogen-bond acceptors (Lipinski definition) is 5. The van der Waals surface area contributed by atoms with E-state index in [-0.39, 0.29) is 24.7 Å². The molecule has 2 aromatic rings. The lowest BCUT2D eigenvalue weighted by Crippen LogP contribution is -2.63. The van der Waals surface area contributed by atoms with Crippen LogP contribution in [0.5, 0.6) is 5.75 Å². The summed E-state index contributed by atoms with van der Waals surface area (Å²) < 4.78 is 5.83. The molecule has 1 N–H and O–H groups in total. The standard InChI is InChI=1S/C24H28N4O3/c1-18(17-31-23-11-7-19(13-25)8-12-23)27(24(29)30)28-21-9-10-22(28)16-26(15-21)14-20-5-3-2-4-6-20/h2-8,11-12,18,21-22H,9-10,14-17H2,1H3,(H,29,30). The monoisotopic (exact) mass is 420 g/mol. The van der Waals surface area contributed by atoms with Crippen LogP contribution in [0.3, 0.4) is 0 Å². The second-order valence-corrected chi connectivity index (χ2v) is 8.37. The molecule has 3 unspecified atom stereocenters. The number of hydrogen-bond donors (Lipinski definition) is 1. The third-order valence-electron chi connectivity index (χ3n) is 6.11. The molecule has 0 radical (unpaired) electrons. The van der Waals surface area contributed by atoms with Gasteiger partial charge in [-0.15, -0.1) is 0 Å². The molecule has 2 heterocycles. The van der Waals surface area contributed by atoms with Crippen molar-refractivity contribution in [1.29, 1.82) is 5.26 Å². The van der Waals surface area contributed by atoms with Crippen LogP contribution >= 0.6 is 0 Å². The van der Waals surface area contributed by atoms with Gasteiger partial charge in [0.1, 0.15) is 12.4 Å². The maximum Gasteiger partial charge on any atom is 0.422 e. The molecule has 162 valence electrons. The van der Waals surface area contributed by atoms with Crippen molar-refractivity contribution in [2.24, 2.45) is 0 Å². The number of fused-ring (bicyclic) bond motifs is 2. The lowest BCUT2D eigenvalue weighted by molar-refractivity contribution is -0.110.